The van der Waals surface area contributed by atoms with E-state index in [4.69, 9.17) is 5.73 Å². The van der Waals surface area contributed by atoms with Crippen LogP contribution in [0.5, 0.6) is 0 Å². The van der Waals surface area contributed by atoms with Crippen LogP contribution in [0, 0.1) is 0 Å². The molecule has 2 rings (SSSR count). The smallest absolute Gasteiger partial charge is 0.183 e. The third-order valence-electron chi connectivity index (χ3n) is 2.25. The molecule has 1 unspecified atom stereocenters. The minimum Gasteiger partial charge on any atom is -0.357 e. The molecule has 0 saturated carbocycles. The van der Waals surface area contributed by atoms with Gasteiger partial charge in [-0.1, -0.05) is 6.07 Å². The number of rotatable bonds is 5. The van der Waals surface area contributed by atoms with E-state index in [0.717, 1.165) is 29.4 Å². The molecule has 4 nitrogen and oxygen atoms in total. The van der Waals surface area contributed by atoms with Crippen molar-refractivity contribution in [2.24, 2.45) is 5.73 Å². The maximum Gasteiger partial charge on any atom is 0.183 e. The second kappa shape index (κ2) is 5.75. The average Bonchev–Trinajstić information content (AvgIpc) is 2.75. The van der Waals surface area contributed by atoms with Crippen LogP contribution in [0.15, 0.2) is 29.9 Å². The number of hydrogen-bond acceptors (Lipinski definition) is 5. The van der Waals surface area contributed by atoms with Gasteiger partial charge >= 0.3 is 0 Å². The minimum atomic E-state index is 0.156. The fourth-order valence-corrected chi connectivity index (χ4v) is 2.21. The molecule has 3 N–H and O–H groups in total. The van der Waals surface area contributed by atoms with E-state index in [0.29, 0.717) is 0 Å². The van der Waals surface area contributed by atoms with Crippen LogP contribution in [-0.2, 0) is 13.0 Å². The molecule has 0 amide bonds. The van der Waals surface area contributed by atoms with Crippen molar-refractivity contribution in [2.75, 3.05) is 5.32 Å². The zero-order valence-electron chi connectivity index (χ0n) is 9.76. The fraction of sp³-hybridized carbons (Fsp3) is 0.333. The van der Waals surface area contributed by atoms with E-state index in [2.05, 4.69) is 20.7 Å². The Kier molecular flexibility index (Phi) is 4.06. The Bertz CT molecular complexity index is 453. The highest BCUT2D eigenvalue weighted by atomic mass is 32.1. The van der Waals surface area contributed by atoms with Gasteiger partial charge in [0.05, 0.1) is 5.69 Å². The SMILES string of the molecule is CC(N)Cc1csc(NCc2cccnc2)n1. The molecule has 0 spiro atoms. The predicted octanol–water partition coefficient (Wildman–Crippen LogP) is 2.04. The quantitative estimate of drug-likeness (QED) is 0.850. The van der Waals surface area contributed by atoms with Crippen molar-refractivity contribution in [1.29, 1.82) is 0 Å². The van der Waals surface area contributed by atoms with Crippen LogP contribution in [0.3, 0.4) is 0 Å². The summed E-state index contributed by atoms with van der Waals surface area (Å²) in [5.41, 5.74) is 7.94. The summed E-state index contributed by atoms with van der Waals surface area (Å²) in [5.74, 6) is 0. The van der Waals surface area contributed by atoms with E-state index >= 15 is 0 Å². The van der Waals surface area contributed by atoms with Gasteiger partial charge in [-0.25, -0.2) is 4.98 Å². The monoisotopic (exact) mass is 248 g/mol. The zero-order valence-corrected chi connectivity index (χ0v) is 10.6. The molecule has 5 heteroatoms. The van der Waals surface area contributed by atoms with Gasteiger partial charge in [0, 0.05) is 36.8 Å². The molecule has 17 heavy (non-hydrogen) atoms. The maximum absolute atomic E-state index is 5.73. The van der Waals surface area contributed by atoms with E-state index in [1.807, 2.05) is 25.3 Å². The average molecular weight is 248 g/mol. The summed E-state index contributed by atoms with van der Waals surface area (Å²) in [6.07, 6.45) is 4.45. The molecule has 0 aliphatic carbocycles. The summed E-state index contributed by atoms with van der Waals surface area (Å²) >= 11 is 1.61. The van der Waals surface area contributed by atoms with Gasteiger partial charge in [-0.05, 0) is 18.6 Å². The summed E-state index contributed by atoms with van der Waals surface area (Å²) in [7, 11) is 0. The number of anilines is 1. The zero-order chi connectivity index (χ0) is 12.1. The molecule has 0 radical (unpaired) electrons. The van der Waals surface area contributed by atoms with Gasteiger partial charge in [0.15, 0.2) is 5.13 Å². The number of nitrogens with zero attached hydrogens (tertiary/aromatic N) is 2. The third-order valence-corrected chi connectivity index (χ3v) is 3.10. The molecule has 2 aromatic heterocycles. The number of hydrogen-bond donors (Lipinski definition) is 2. The van der Waals surface area contributed by atoms with Gasteiger partial charge in [-0.3, -0.25) is 4.98 Å². The van der Waals surface area contributed by atoms with Crippen molar-refractivity contribution in [3.63, 3.8) is 0 Å². The normalized spacial score (nSPS) is 12.4. The minimum absolute atomic E-state index is 0.156. The van der Waals surface area contributed by atoms with Crippen LogP contribution in [0.4, 0.5) is 5.13 Å². The van der Waals surface area contributed by atoms with Crippen molar-refractivity contribution in [1.82, 2.24) is 9.97 Å². The number of aromatic nitrogens is 2. The Labute approximate surface area is 105 Å². The highest BCUT2D eigenvalue weighted by Crippen LogP contribution is 2.17. The van der Waals surface area contributed by atoms with Crippen LogP contribution in [0.1, 0.15) is 18.2 Å². The van der Waals surface area contributed by atoms with Crippen molar-refractivity contribution in [3.8, 4) is 0 Å². The number of nitrogens with two attached hydrogens (primary N) is 1. The van der Waals surface area contributed by atoms with Gasteiger partial charge in [0.2, 0.25) is 0 Å². The number of thiazole rings is 1. The molecule has 2 aromatic rings. The molecule has 0 aliphatic rings. The van der Waals surface area contributed by atoms with Crippen LogP contribution in [0.25, 0.3) is 0 Å². The molecular weight excluding hydrogens is 232 g/mol. The van der Waals surface area contributed by atoms with Gasteiger partial charge < -0.3 is 11.1 Å². The second-order valence-electron chi connectivity index (χ2n) is 4.04. The lowest BCUT2D eigenvalue weighted by Crippen LogP contribution is -2.17. The lowest BCUT2D eigenvalue weighted by Gasteiger charge is -2.02. The molecule has 0 bridgehead atoms. The first-order chi connectivity index (χ1) is 8.24. The molecule has 0 saturated heterocycles. The summed E-state index contributed by atoms with van der Waals surface area (Å²) in [5, 5.41) is 6.27. The number of nitrogens with one attached hydrogen (secondary N) is 1. The highest BCUT2D eigenvalue weighted by molar-refractivity contribution is 7.13. The van der Waals surface area contributed by atoms with E-state index < -0.39 is 0 Å². The van der Waals surface area contributed by atoms with Crippen molar-refractivity contribution in [3.05, 3.63) is 41.2 Å². The Morgan fingerprint density at radius 2 is 2.41 bits per heavy atom. The highest BCUT2D eigenvalue weighted by Gasteiger charge is 2.04. The Hall–Kier alpha value is -1.46. The van der Waals surface area contributed by atoms with Crippen LogP contribution >= 0.6 is 11.3 Å². The topological polar surface area (TPSA) is 63.8 Å². The third kappa shape index (κ3) is 3.80. The van der Waals surface area contributed by atoms with Crippen molar-refractivity contribution >= 4 is 16.5 Å². The summed E-state index contributed by atoms with van der Waals surface area (Å²) in [4.78, 5) is 8.54. The molecule has 90 valence electrons. The summed E-state index contributed by atoms with van der Waals surface area (Å²) < 4.78 is 0. The van der Waals surface area contributed by atoms with Crippen molar-refractivity contribution in [2.45, 2.75) is 25.9 Å². The summed E-state index contributed by atoms with van der Waals surface area (Å²) in [6.45, 7) is 2.74. The van der Waals surface area contributed by atoms with Crippen LogP contribution < -0.4 is 11.1 Å². The Morgan fingerprint density at radius 1 is 1.53 bits per heavy atom. The van der Waals surface area contributed by atoms with Gasteiger partial charge in [-0.2, -0.15) is 0 Å². The first-order valence-electron chi connectivity index (χ1n) is 5.57. The van der Waals surface area contributed by atoms with E-state index in [9.17, 15) is 0 Å². The summed E-state index contributed by atoms with van der Waals surface area (Å²) in [6, 6.07) is 4.12. The molecular formula is C12H16N4S. The molecule has 0 aromatic carbocycles. The van der Waals surface area contributed by atoms with E-state index in [1.165, 1.54) is 0 Å². The van der Waals surface area contributed by atoms with Gasteiger partial charge in [0.1, 0.15) is 0 Å². The Balaban J connectivity index is 1.89. The number of pyridine rings is 1. The largest absolute Gasteiger partial charge is 0.357 e. The second-order valence-corrected chi connectivity index (χ2v) is 4.90. The first-order valence-corrected chi connectivity index (χ1v) is 6.45. The Morgan fingerprint density at radius 3 is 3.12 bits per heavy atom. The van der Waals surface area contributed by atoms with Crippen molar-refractivity contribution < 1.29 is 0 Å². The van der Waals surface area contributed by atoms with Crippen LogP contribution in [0.2, 0.25) is 0 Å². The standard InChI is InChI=1S/C12H16N4S/c1-9(13)5-11-8-17-12(16-11)15-7-10-3-2-4-14-6-10/h2-4,6,8-9H,5,7,13H2,1H3,(H,15,16). The van der Waals surface area contributed by atoms with Crippen LogP contribution in [-0.4, -0.2) is 16.0 Å². The first kappa shape index (κ1) is 12.0. The fourth-order valence-electron chi connectivity index (χ4n) is 1.49. The van der Waals surface area contributed by atoms with E-state index in [1.54, 1.807) is 17.5 Å². The lowest BCUT2D eigenvalue weighted by atomic mass is 10.2. The molecule has 1 atom stereocenters. The predicted molar refractivity (Wildman–Crippen MR) is 71.0 cm³/mol. The molecule has 0 aliphatic heterocycles. The maximum atomic E-state index is 5.73. The van der Waals surface area contributed by atoms with Gasteiger partial charge in [0.25, 0.3) is 0 Å². The molecule has 0 fully saturated rings. The molecule has 2 heterocycles. The van der Waals surface area contributed by atoms with E-state index in [-0.39, 0.29) is 6.04 Å². The van der Waals surface area contributed by atoms with Gasteiger partial charge in [-0.15, -0.1) is 11.3 Å². The lowest BCUT2D eigenvalue weighted by molar-refractivity contribution is 0.726.